The summed E-state index contributed by atoms with van der Waals surface area (Å²) in [7, 11) is -3.84. The van der Waals surface area contributed by atoms with Gasteiger partial charge < -0.3 is 34.9 Å². The van der Waals surface area contributed by atoms with Crippen LogP contribution in [0.2, 0.25) is 0 Å². The molecule has 0 aliphatic heterocycles. The number of hydrogen-bond acceptors (Lipinski definition) is 8. The van der Waals surface area contributed by atoms with Crippen LogP contribution in [-0.4, -0.2) is 68.8 Å². The van der Waals surface area contributed by atoms with E-state index >= 15 is 0 Å². The lowest BCUT2D eigenvalue weighted by molar-refractivity contribution is 0.402. The molecule has 0 aromatic rings. The van der Waals surface area contributed by atoms with Gasteiger partial charge in [-0.3, -0.25) is 4.98 Å². The minimum absolute atomic E-state index is 0.110. The van der Waals surface area contributed by atoms with Gasteiger partial charge in [0.15, 0.2) is 0 Å². The molecule has 0 aromatic heterocycles. The first-order valence-electron chi connectivity index (χ1n) is 12.3. The molecule has 10 heteroatoms. The SMILES string of the molecule is CCN[Si](NCC)(NCC)NC(C)(C)C.CCN[Si](NCC)(NCC)NCC(C)(C)C. The van der Waals surface area contributed by atoms with Crippen LogP contribution < -0.4 is 39.9 Å². The van der Waals surface area contributed by atoms with Crippen molar-refractivity contribution in [3.05, 3.63) is 0 Å². The molecule has 0 saturated carbocycles. The van der Waals surface area contributed by atoms with Gasteiger partial charge in [-0.1, -0.05) is 62.3 Å². The Labute approximate surface area is 197 Å². The second-order valence-corrected chi connectivity index (χ2v) is 15.7. The molecule has 0 bridgehead atoms. The van der Waals surface area contributed by atoms with Gasteiger partial charge in [0, 0.05) is 5.54 Å². The molecule has 0 atom stereocenters. The first kappa shape index (κ1) is 33.3. The monoisotopic (exact) mass is 478 g/mol. The van der Waals surface area contributed by atoms with E-state index < -0.39 is 17.4 Å². The molecule has 190 valence electrons. The molecule has 0 spiro atoms. The van der Waals surface area contributed by atoms with Crippen LogP contribution in [0.15, 0.2) is 0 Å². The maximum absolute atomic E-state index is 3.68. The fourth-order valence-electron chi connectivity index (χ4n) is 3.25. The highest BCUT2D eigenvalue weighted by Crippen LogP contribution is 2.10. The molecular weight excluding hydrogens is 420 g/mol. The van der Waals surface area contributed by atoms with Crippen LogP contribution in [0, 0.1) is 5.41 Å². The van der Waals surface area contributed by atoms with Crippen molar-refractivity contribution in [2.24, 2.45) is 5.41 Å². The topological polar surface area (TPSA) is 96.2 Å². The average molecular weight is 479 g/mol. The third kappa shape index (κ3) is 17.3. The highest BCUT2D eigenvalue weighted by atomic mass is 28.4. The Kier molecular flexibility index (Phi) is 17.9. The quantitative estimate of drug-likeness (QED) is 0.168. The Morgan fingerprint density at radius 3 is 0.968 bits per heavy atom. The van der Waals surface area contributed by atoms with Crippen molar-refractivity contribution in [1.82, 2.24) is 39.9 Å². The Bertz CT molecular complexity index is 391. The highest BCUT2D eigenvalue weighted by molar-refractivity contribution is 6.70. The van der Waals surface area contributed by atoms with Crippen LogP contribution in [0.25, 0.3) is 0 Å². The van der Waals surface area contributed by atoms with E-state index in [0.717, 1.165) is 45.8 Å². The Morgan fingerprint density at radius 1 is 0.452 bits per heavy atom. The molecule has 0 saturated heterocycles. The number of hydrogen-bond donors (Lipinski definition) is 8. The number of nitrogens with one attached hydrogen (secondary N) is 8. The van der Waals surface area contributed by atoms with E-state index in [1.54, 1.807) is 0 Å². The van der Waals surface area contributed by atoms with Crippen molar-refractivity contribution in [2.45, 2.75) is 88.6 Å². The van der Waals surface area contributed by atoms with E-state index in [4.69, 9.17) is 0 Å². The van der Waals surface area contributed by atoms with Crippen molar-refractivity contribution in [3.63, 3.8) is 0 Å². The first-order valence-corrected chi connectivity index (χ1v) is 16.3. The number of rotatable bonds is 15. The third-order valence-corrected chi connectivity index (χ3v) is 11.2. The van der Waals surface area contributed by atoms with Gasteiger partial charge in [-0.15, -0.1) is 0 Å². The van der Waals surface area contributed by atoms with E-state index in [1.165, 1.54) is 0 Å². The molecule has 0 amide bonds. The fraction of sp³-hybridized carbons (Fsp3) is 1.00. The van der Waals surface area contributed by atoms with Crippen LogP contribution in [0.5, 0.6) is 0 Å². The molecular formula is C21H58N8Si2. The minimum atomic E-state index is -1.93. The van der Waals surface area contributed by atoms with E-state index in [9.17, 15) is 0 Å². The smallest absolute Gasteiger partial charge is 0.301 e. The summed E-state index contributed by atoms with van der Waals surface area (Å²) < 4.78 is 0. The van der Waals surface area contributed by atoms with Gasteiger partial charge in [0.1, 0.15) is 0 Å². The zero-order chi connectivity index (χ0) is 24.6. The normalized spacial score (nSPS) is 13.2. The van der Waals surface area contributed by atoms with E-state index in [0.29, 0.717) is 5.41 Å². The zero-order valence-electron chi connectivity index (χ0n) is 22.9. The van der Waals surface area contributed by atoms with Gasteiger partial charge in [-0.05, 0) is 72.0 Å². The van der Waals surface area contributed by atoms with Crippen molar-refractivity contribution < 1.29 is 0 Å². The fourth-order valence-corrected chi connectivity index (χ4v) is 9.74. The molecule has 0 rings (SSSR count). The predicted octanol–water partition coefficient (Wildman–Crippen LogP) is 1.52. The largest absolute Gasteiger partial charge is 0.366 e. The van der Waals surface area contributed by atoms with Crippen LogP contribution in [-0.2, 0) is 0 Å². The van der Waals surface area contributed by atoms with Gasteiger partial charge in [0.2, 0.25) is 0 Å². The molecule has 0 aliphatic carbocycles. The second kappa shape index (κ2) is 16.7. The van der Waals surface area contributed by atoms with E-state index in [-0.39, 0.29) is 5.54 Å². The lowest BCUT2D eigenvalue weighted by Gasteiger charge is -2.38. The molecule has 31 heavy (non-hydrogen) atoms. The van der Waals surface area contributed by atoms with Crippen LogP contribution in [0.3, 0.4) is 0 Å². The molecule has 0 radical (unpaired) electrons. The summed E-state index contributed by atoms with van der Waals surface area (Å²) >= 11 is 0. The summed E-state index contributed by atoms with van der Waals surface area (Å²) in [6.45, 7) is 33.0. The van der Waals surface area contributed by atoms with E-state index in [2.05, 4.69) is 123 Å². The van der Waals surface area contributed by atoms with Crippen molar-refractivity contribution in [3.8, 4) is 0 Å². The Balaban J connectivity index is 0. The summed E-state index contributed by atoms with van der Waals surface area (Å²) in [4.78, 5) is 28.8. The standard InChI is InChI=1S/C11H30N4Si.C10H28N4Si/c1-7-12-16(13-8-2,14-9-3)15-10-11(4,5)6;1-7-11-15(12-8-2,13-9-3)14-10(4,5)6/h12-15H,7-10H2,1-6H3;11-14H,7-9H2,1-6H3. The molecule has 0 aliphatic rings. The minimum Gasteiger partial charge on any atom is -0.301 e. The van der Waals surface area contributed by atoms with Gasteiger partial charge in [0.25, 0.3) is 0 Å². The summed E-state index contributed by atoms with van der Waals surface area (Å²) in [5.74, 6) is 0. The molecule has 8 nitrogen and oxygen atoms in total. The molecule has 0 fully saturated rings. The molecule has 0 heterocycles. The first-order chi connectivity index (χ1) is 14.3. The lowest BCUT2D eigenvalue weighted by Crippen LogP contribution is -2.83. The average Bonchev–Trinajstić information content (AvgIpc) is 2.60. The van der Waals surface area contributed by atoms with Crippen molar-refractivity contribution >= 4 is 17.4 Å². The zero-order valence-corrected chi connectivity index (χ0v) is 24.9. The van der Waals surface area contributed by atoms with Crippen molar-refractivity contribution in [2.75, 3.05) is 45.8 Å². The lowest BCUT2D eigenvalue weighted by atomic mass is 9.98. The highest BCUT2D eigenvalue weighted by Gasteiger charge is 2.36. The molecule has 0 aromatic carbocycles. The molecule has 0 unspecified atom stereocenters. The second-order valence-electron chi connectivity index (χ2n) is 9.97. The molecule has 8 N–H and O–H groups in total. The van der Waals surface area contributed by atoms with Crippen LogP contribution in [0.1, 0.15) is 83.1 Å². The Hall–Kier alpha value is 0.114. The van der Waals surface area contributed by atoms with Gasteiger partial charge in [-0.25, -0.2) is 0 Å². The summed E-state index contributed by atoms with van der Waals surface area (Å²) in [5, 5.41) is 0. The summed E-state index contributed by atoms with van der Waals surface area (Å²) in [6.07, 6.45) is 0. The van der Waals surface area contributed by atoms with Gasteiger partial charge in [0.05, 0.1) is 0 Å². The maximum atomic E-state index is 3.68. The van der Waals surface area contributed by atoms with Gasteiger partial charge in [-0.2, -0.15) is 0 Å². The van der Waals surface area contributed by atoms with E-state index in [1.807, 2.05) is 0 Å². The van der Waals surface area contributed by atoms with Gasteiger partial charge >= 0.3 is 17.4 Å². The van der Waals surface area contributed by atoms with Crippen molar-refractivity contribution in [1.29, 1.82) is 0 Å². The van der Waals surface area contributed by atoms with Crippen LogP contribution in [0.4, 0.5) is 0 Å². The third-order valence-electron chi connectivity index (χ3n) is 4.10. The Morgan fingerprint density at radius 2 is 0.742 bits per heavy atom. The maximum Gasteiger partial charge on any atom is 0.366 e. The summed E-state index contributed by atoms with van der Waals surface area (Å²) in [6, 6.07) is 0. The predicted molar refractivity (Wildman–Crippen MR) is 144 cm³/mol. The van der Waals surface area contributed by atoms with Crippen LogP contribution >= 0.6 is 0 Å². The summed E-state index contributed by atoms with van der Waals surface area (Å²) in [5.41, 5.74) is 0.414.